The highest BCUT2D eigenvalue weighted by Crippen LogP contribution is 2.20. The number of hydrogen-bond donors (Lipinski definition) is 0. The van der Waals surface area contributed by atoms with Crippen LogP contribution < -0.4 is 0 Å². The lowest BCUT2D eigenvalue weighted by atomic mass is 10.1. The van der Waals surface area contributed by atoms with Gasteiger partial charge in [0.15, 0.2) is 0 Å². The number of benzene rings is 1. The smallest absolute Gasteiger partial charge is 0.255 e. The molecule has 1 aliphatic rings. The van der Waals surface area contributed by atoms with Crippen molar-refractivity contribution < 1.29 is 9.59 Å². The Labute approximate surface area is 167 Å². The van der Waals surface area contributed by atoms with Gasteiger partial charge in [0.05, 0.1) is 23.3 Å². The number of piperazine rings is 1. The molecular weight excluding hydrogens is 352 g/mol. The molecule has 2 aromatic rings. The van der Waals surface area contributed by atoms with E-state index in [2.05, 4.69) is 16.0 Å². The van der Waals surface area contributed by atoms with Gasteiger partial charge in [0.25, 0.3) is 5.91 Å². The van der Waals surface area contributed by atoms with E-state index >= 15 is 0 Å². The van der Waals surface area contributed by atoms with Crippen molar-refractivity contribution in [2.75, 3.05) is 45.8 Å². The number of hydrogen-bond acceptors (Lipinski definition) is 4. The zero-order valence-electron chi connectivity index (χ0n) is 17.4. The number of fused-ring (bicyclic) bond motifs is 1. The van der Waals surface area contributed by atoms with Crippen molar-refractivity contribution in [2.24, 2.45) is 0 Å². The van der Waals surface area contributed by atoms with E-state index in [1.54, 1.807) is 0 Å². The second-order valence-corrected chi connectivity index (χ2v) is 7.45. The van der Waals surface area contributed by atoms with Crippen molar-refractivity contribution in [3.63, 3.8) is 0 Å². The molecule has 0 atom stereocenters. The fourth-order valence-electron chi connectivity index (χ4n) is 3.76. The van der Waals surface area contributed by atoms with Gasteiger partial charge in [0, 0.05) is 44.7 Å². The Kier molecular flexibility index (Phi) is 6.29. The number of aromatic nitrogens is 1. The standard InChI is InChI=1S/C22H30N4O2/c1-5-25(6-2)21(27)15-24-9-11-26(12-10-24)22(28)19-14-18-13-16(3)7-8-20(18)23-17(19)4/h7-8,13-14H,5-6,9-12,15H2,1-4H3. The Morgan fingerprint density at radius 3 is 2.36 bits per heavy atom. The normalized spacial score (nSPS) is 15.1. The van der Waals surface area contributed by atoms with Crippen molar-refractivity contribution in [2.45, 2.75) is 27.7 Å². The molecule has 0 N–H and O–H groups in total. The summed E-state index contributed by atoms with van der Waals surface area (Å²) in [7, 11) is 0. The maximum absolute atomic E-state index is 13.1. The number of amides is 2. The number of carbonyl (C=O) groups excluding carboxylic acids is 2. The van der Waals surface area contributed by atoms with Gasteiger partial charge in [-0.3, -0.25) is 19.5 Å². The van der Waals surface area contributed by atoms with Gasteiger partial charge < -0.3 is 9.80 Å². The van der Waals surface area contributed by atoms with Gasteiger partial charge >= 0.3 is 0 Å². The van der Waals surface area contributed by atoms with Gasteiger partial charge in [-0.2, -0.15) is 0 Å². The van der Waals surface area contributed by atoms with Crippen LogP contribution >= 0.6 is 0 Å². The average Bonchev–Trinajstić information content (AvgIpc) is 2.69. The SMILES string of the molecule is CCN(CC)C(=O)CN1CCN(C(=O)c2cc3cc(C)ccc3nc2C)CC1. The summed E-state index contributed by atoms with van der Waals surface area (Å²) in [6, 6.07) is 8.06. The van der Waals surface area contributed by atoms with Crippen LogP contribution in [0.5, 0.6) is 0 Å². The lowest BCUT2D eigenvalue weighted by Gasteiger charge is -2.35. The quantitative estimate of drug-likeness (QED) is 0.797. The summed E-state index contributed by atoms with van der Waals surface area (Å²) in [5, 5.41) is 0.998. The predicted octanol–water partition coefficient (Wildman–Crippen LogP) is 2.48. The third-order valence-corrected chi connectivity index (χ3v) is 5.53. The van der Waals surface area contributed by atoms with Crippen LogP contribution in [0.15, 0.2) is 24.3 Å². The summed E-state index contributed by atoms with van der Waals surface area (Å²) >= 11 is 0. The van der Waals surface area contributed by atoms with E-state index in [1.165, 1.54) is 0 Å². The molecule has 0 unspecified atom stereocenters. The van der Waals surface area contributed by atoms with Gasteiger partial charge in [0.2, 0.25) is 5.91 Å². The molecule has 6 heteroatoms. The van der Waals surface area contributed by atoms with Crippen molar-refractivity contribution in [3.8, 4) is 0 Å². The van der Waals surface area contributed by atoms with Crippen molar-refractivity contribution in [1.29, 1.82) is 0 Å². The van der Waals surface area contributed by atoms with Crippen molar-refractivity contribution in [1.82, 2.24) is 19.7 Å². The van der Waals surface area contributed by atoms with E-state index in [0.717, 1.165) is 48.3 Å². The Hall–Kier alpha value is -2.47. The van der Waals surface area contributed by atoms with Crippen LogP contribution in [0.4, 0.5) is 0 Å². The van der Waals surface area contributed by atoms with E-state index in [1.807, 2.05) is 55.7 Å². The second-order valence-electron chi connectivity index (χ2n) is 7.45. The van der Waals surface area contributed by atoms with Gasteiger partial charge in [0.1, 0.15) is 0 Å². The van der Waals surface area contributed by atoms with Gasteiger partial charge in [-0.25, -0.2) is 0 Å². The molecule has 1 aromatic heterocycles. The summed E-state index contributed by atoms with van der Waals surface area (Å²) in [6.45, 7) is 12.5. The highest BCUT2D eigenvalue weighted by atomic mass is 16.2. The van der Waals surface area contributed by atoms with Crippen molar-refractivity contribution in [3.05, 3.63) is 41.1 Å². The second kappa shape index (κ2) is 8.69. The molecular formula is C22H30N4O2. The molecule has 0 saturated carbocycles. The van der Waals surface area contributed by atoms with Crippen LogP contribution in [0.2, 0.25) is 0 Å². The van der Waals surface area contributed by atoms with Crippen molar-refractivity contribution >= 4 is 22.7 Å². The molecule has 6 nitrogen and oxygen atoms in total. The van der Waals surface area contributed by atoms with E-state index < -0.39 is 0 Å². The number of carbonyl (C=O) groups is 2. The highest BCUT2D eigenvalue weighted by Gasteiger charge is 2.25. The highest BCUT2D eigenvalue weighted by molar-refractivity contribution is 5.98. The average molecular weight is 383 g/mol. The summed E-state index contributed by atoms with van der Waals surface area (Å²) in [5.74, 6) is 0.192. The number of pyridine rings is 1. The summed E-state index contributed by atoms with van der Waals surface area (Å²) in [4.78, 5) is 35.9. The maximum Gasteiger partial charge on any atom is 0.255 e. The summed E-state index contributed by atoms with van der Waals surface area (Å²) in [5.41, 5.74) is 3.51. The monoisotopic (exact) mass is 382 g/mol. The van der Waals surface area contributed by atoms with Gasteiger partial charge in [-0.15, -0.1) is 0 Å². The fourth-order valence-corrected chi connectivity index (χ4v) is 3.76. The molecule has 0 spiro atoms. The molecule has 28 heavy (non-hydrogen) atoms. The Morgan fingerprint density at radius 2 is 1.71 bits per heavy atom. The molecule has 0 bridgehead atoms. The molecule has 3 rings (SSSR count). The molecule has 0 aliphatic carbocycles. The van der Waals surface area contributed by atoms with Crippen LogP contribution in [0.1, 0.15) is 35.5 Å². The largest absolute Gasteiger partial charge is 0.342 e. The number of nitrogens with zero attached hydrogens (tertiary/aromatic N) is 4. The number of rotatable bonds is 5. The maximum atomic E-state index is 13.1. The minimum absolute atomic E-state index is 0.0307. The molecule has 1 aromatic carbocycles. The van der Waals surface area contributed by atoms with Crippen LogP contribution in [-0.2, 0) is 4.79 Å². The first-order chi connectivity index (χ1) is 13.4. The number of likely N-dealkylation sites (N-methyl/N-ethyl adjacent to an activating group) is 1. The zero-order chi connectivity index (χ0) is 20.3. The zero-order valence-corrected chi connectivity index (χ0v) is 17.4. The Bertz CT molecular complexity index is 868. The van der Waals surface area contributed by atoms with Gasteiger partial charge in [-0.05, 0) is 45.9 Å². The van der Waals surface area contributed by atoms with Crippen LogP contribution in [-0.4, -0.2) is 77.3 Å². The number of aryl methyl sites for hydroxylation is 2. The first-order valence-electron chi connectivity index (χ1n) is 10.1. The minimum atomic E-state index is 0.0307. The van der Waals surface area contributed by atoms with E-state index in [-0.39, 0.29) is 11.8 Å². The molecule has 1 aliphatic heterocycles. The molecule has 2 amide bonds. The third kappa shape index (κ3) is 4.33. The fraction of sp³-hybridized carbons (Fsp3) is 0.500. The lowest BCUT2D eigenvalue weighted by Crippen LogP contribution is -2.51. The van der Waals surface area contributed by atoms with E-state index in [9.17, 15) is 9.59 Å². The van der Waals surface area contributed by atoms with Gasteiger partial charge in [-0.1, -0.05) is 11.6 Å². The predicted molar refractivity (Wildman–Crippen MR) is 111 cm³/mol. The van der Waals surface area contributed by atoms with E-state index in [4.69, 9.17) is 0 Å². The minimum Gasteiger partial charge on any atom is -0.342 e. The first kappa shape index (κ1) is 20.3. The lowest BCUT2D eigenvalue weighted by molar-refractivity contribution is -0.132. The van der Waals surface area contributed by atoms with E-state index in [0.29, 0.717) is 25.2 Å². The molecule has 1 saturated heterocycles. The third-order valence-electron chi connectivity index (χ3n) is 5.53. The molecule has 2 heterocycles. The molecule has 150 valence electrons. The van der Waals surface area contributed by atoms with Crippen LogP contribution in [0.3, 0.4) is 0 Å². The molecule has 1 fully saturated rings. The van der Waals surface area contributed by atoms with Crippen LogP contribution in [0, 0.1) is 13.8 Å². The van der Waals surface area contributed by atoms with Crippen LogP contribution in [0.25, 0.3) is 10.9 Å². The Balaban J connectivity index is 1.66. The molecule has 0 radical (unpaired) electrons. The summed E-state index contributed by atoms with van der Waals surface area (Å²) in [6.07, 6.45) is 0. The Morgan fingerprint density at radius 1 is 1.04 bits per heavy atom. The summed E-state index contributed by atoms with van der Waals surface area (Å²) < 4.78 is 0. The topological polar surface area (TPSA) is 56.8 Å². The first-order valence-corrected chi connectivity index (χ1v) is 10.1.